The molecule has 1 aromatic rings. The van der Waals surface area contributed by atoms with Crippen LogP contribution in [-0.2, 0) is 20.9 Å². The van der Waals surface area contributed by atoms with Crippen molar-refractivity contribution in [3.8, 4) is 0 Å². The second-order valence-corrected chi connectivity index (χ2v) is 4.78. The quantitative estimate of drug-likeness (QED) is 0.754. The summed E-state index contributed by atoms with van der Waals surface area (Å²) in [5.41, 5.74) is 0.835. The fraction of sp³-hybridized carbons (Fsp3) is 0.500. The van der Waals surface area contributed by atoms with E-state index in [2.05, 4.69) is 10.3 Å². The fourth-order valence-corrected chi connectivity index (χ4v) is 2.21. The summed E-state index contributed by atoms with van der Waals surface area (Å²) in [6.07, 6.45) is 1.97. The highest BCUT2D eigenvalue weighted by atomic mass is 16.5. The normalized spacial score (nSPS) is 18.4. The molecule has 1 saturated heterocycles. The molecule has 1 aromatic heterocycles. The van der Waals surface area contributed by atoms with E-state index in [4.69, 9.17) is 4.74 Å². The van der Waals surface area contributed by atoms with Crippen molar-refractivity contribution >= 4 is 11.8 Å². The molecule has 1 fully saturated rings. The summed E-state index contributed by atoms with van der Waals surface area (Å²) in [5, 5.41) is 2.77. The molecule has 1 aliphatic rings. The first-order valence-corrected chi connectivity index (χ1v) is 6.65. The number of rotatable bonds is 6. The van der Waals surface area contributed by atoms with Crippen molar-refractivity contribution in [2.75, 3.05) is 26.8 Å². The second kappa shape index (κ2) is 7.00. The number of hydrogen-bond donors (Lipinski definition) is 1. The van der Waals surface area contributed by atoms with Crippen molar-refractivity contribution in [3.63, 3.8) is 0 Å². The van der Waals surface area contributed by atoms with Gasteiger partial charge in [-0.25, -0.2) is 0 Å². The maximum atomic E-state index is 11.9. The highest BCUT2D eigenvalue weighted by molar-refractivity contribution is 5.89. The topological polar surface area (TPSA) is 71.5 Å². The maximum absolute atomic E-state index is 11.9. The number of aromatic nitrogens is 1. The van der Waals surface area contributed by atoms with Crippen molar-refractivity contribution in [1.29, 1.82) is 0 Å². The molecule has 1 atom stereocenters. The van der Waals surface area contributed by atoms with Crippen LogP contribution in [0.5, 0.6) is 0 Å². The first-order chi connectivity index (χ1) is 9.70. The molecule has 0 radical (unpaired) electrons. The zero-order valence-electron chi connectivity index (χ0n) is 11.5. The van der Waals surface area contributed by atoms with E-state index in [9.17, 15) is 9.59 Å². The fourth-order valence-electron chi connectivity index (χ4n) is 2.21. The van der Waals surface area contributed by atoms with Crippen molar-refractivity contribution in [1.82, 2.24) is 15.2 Å². The Morgan fingerprint density at radius 1 is 1.55 bits per heavy atom. The van der Waals surface area contributed by atoms with Crippen LogP contribution < -0.4 is 5.32 Å². The van der Waals surface area contributed by atoms with Crippen LogP contribution in [0.3, 0.4) is 0 Å². The molecule has 0 saturated carbocycles. The van der Waals surface area contributed by atoms with Gasteiger partial charge in [0, 0.05) is 32.8 Å². The number of likely N-dealkylation sites (tertiary alicyclic amines) is 1. The number of carbonyl (C=O) groups excluding carboxylic acids is 2. The van der Waals surface area contributed by atoms with Crippen LogP contribution in [-0.4, -0.2) is 48.5 Å². The predicted octanol–water partition coefficient (Wildman–Crippen LogP) is 0.193. The standard InChI is InChI=1S/C14H19N3O3/c1-20-7-6-16-14(19)11-8-13(18)17(9-11)10-12-4-2-3-5-15-12/h2-5,11H,6-10H2,1H3,(H,16,19)/t11-/m0/s1. The van der Waals surface area contributed by atoms with Gasteiger partial charge >= 0.3 is 0 Å². The van der Waals surface area contributed by atoms with Crippen molar-refractivity contribution in [2.45, 2.75) is 13.0 Å². The van der Waals surface area contributed by atoms with E-state index < -0.39 is 0 Å². The molecule has 0 spiro atoms. The van der Waals surface area contributed by atoms with E-state index in [1.165, 1.54) is 0 Å². The van der Waals surface area contributed by atoms with Gasteiger partial charge in [0.15, 0.2) is 0 Å². The molecule has 0 aliphatic carbocycles. The van der Waals surface area contributed by atoms with E-state index in [1.807, 2.05) is 18.2 Å². The summed E-state index contributed by atoms with van der Waals surface area (Å²) in [6.45, 7) is 1.86. The first kappa shape index (κ1) is 14.5. The average molecular weight is 277 g/mol. The van der Waals surface area contributed by atoms with Crippen LogP contribution in [0.15, 0.2) is 24.4 Å². The molecule has 2 rings (SSSR count). The summed E-state index contributed by atoms with van der Waals surface area (Å²) in [6, 6.07) is 5.60. The lowest BCUT2D eigenvalue weighted by molar-refractivity contribution is -0.129. The summed E-state index contributed by atoms with van der Waals surface area (Å²) in [4.78, 5) is 29.7. The zero-order valence-corrected chi connectivity index (χ0v) is 11.5. The summed E-state index contributed by atoms with van der Waals surface area (Å²) in [7, 11) is 1.58. The third-order valence-electron chi connectivity index (χ3n) is 3.27. The van der Waals surface area contributed by atoms with Crippen LogP contribution in [0.2, 0.25) is 0 Å². The zero-order chi connectivity index (χ0) is 14.4. The molecule has 6 heteroatoms. The van der Waals surface area contributed by atoms with Gasteiger partial charge in [-0.1, -0.05) is 6.07 Å². The smallest absolute Gasteiger partial charge is 0.225 e. The van der Waals surface area contributed by atoms with Crippen LogP contribution >= 0.6 is 0 Å². The minimum Gasteiger partial charge on any atom is -0.383 e. The van der Waals surface area contributed by atoms with Crippen LogP contribution in [0, 0.1) is 5.92 Å². The Kier molecular flexibility index (Phi) is 5.06. The monoisotopic (exact) mass is 277 g/mol. The molecule has 2 heterocycles. The number of ether oxygens (including phenoxy) is 1. The highest BCUT2D eigenvalue weighted by Gasteiger charge is 2.34. The van der Waals surface area contributed by atoms with Gasteiger partial charge in [-0.3, -0.25) is 14.6 Å². The Morgan fingerprint density at radius 3 is 3.10 bits per heavy atom. The van der Waals surface area contributed by atoms with Crippen molar-refractivity contribution < 1.29 is 14.3 Å². The number of carbonyl (C=O) groups is 2. The number of nitrogens with zero attached hydrogens (tertiary/aromatic N) is 2. The summed E-state index contributed by atoms with van der Waals surface area (Å²) < 4.78 is 4.88. The van der Waals surface area contributed by atoms with Gasteiger partial charge in [0.2, 0.25) is 11.8 Å². The highest BCUT2D eigenvalue weighted by Crippen LogP contribution is 2.19. The molecule has 0 aromatic carbocycles. The first-order valence-electron chi connectivity index (χ1n) is 6.65. The minimum absolute atomic E-state index is 0.00236. The van der Waals surface area contributed by atoms with Gasteiger partial charge in [0.25, 0.3) is 0 Å². The Balaban J connectivity index is 1.85. The largest absolute Gasteiger partial charge is 0.383 e. The van der Waals surface area contributed by atoms with E-state index in [0.29, 0.717) is 26.2 Å². The second-order valence-electron chi connectivity index (χ2n) is 4.78. The van der Waals surface area contributed by atoms with Gasteiger partial charge in [-0.2, -0.15) is 0 Å². The molecule has 6 nitrogen and oxygen atoms in total. The van der Waals surface area contributed by atoms with E-state index in [1.54, 1.807) is 18.2 Å². The van der Waals surface area contributed by atoms with Crippen molar-refractivity contribution in [2.24, 2.45) is 5.92 Å². The van der Waals surface area contributed by atoms with Gasteiger partial charge in [0.05, 0.1) is 24.8 Å². The van der Waals surface area contributed by atoms with Crippen LogP contribution in [0.25, 0.3) is 0 Å². The van der Waals surface area contributed by atoms with Gasteiger partial charge in [-0.15, -0.1) is 0 Å². The molecule has 2 amide bonds. The third-order valence-corrected chi connectivity index (χ3v) is 3.27. The molecular formula is C14H19N3O3. The Bertz CT molecular complexity index is 464. The summed E-state index contributed by atoms with van der Waals surface area (Å²) >= 11 is 0. The number of hydrogen-bond acceptors (Lipinski definition) is 4. The predicted molar refractivity (Wildman–Crippen MR) is 72.6 cm³/mol. The maximum Gasteiger partial charge on any atom is 0.225 e. The average Bonchev–Trinajstić information content (AvgIpc) is 2.82. The lowest BCUT2D eigenvalue weighted by Gasteiger charge is -2.16. The number of amides is 2. The van der Waals surface area contributed by atoms with Crippen molar-refractivity contribution in [3.05, 3.63) is 30.1 Å². The number of nitrogens with one attached hydrogen (secondary N) is 1. The van der Waals surface area contributed by atoms with E-state index >= 15 is 0 Å². The van der Waals surface area contributed by atoms with Crippen LogP contribution in [0.1, 0.15) is 12.1 Å². The third kappa shape index (κ3) is 3.77. The molecule has 108 valence electrons. The SMILES string of the molecule is COCCNC(=O)[C@H]1CC(=O)N(Cc2ccccn2)C1. The Labute approximate surface area is 118 Å². The van der Waals surface area contributed by atoms with E-state index in [-0.39, 0.29) is 24.2 Å². The van der Waals surface area contributed by atoms with E-state index in [0.717, 1.165) is 5.69 Å². The lowest BCUT2D eigenvalue weighted by atomic mass is 10.1. The van der Waals surface area contributed by atoms with Crippen LogP contribution in [0.4, 0.5) is 0 Å². The van der Waals surface area contributed by atoms with Gasteiger partial charge < -0.3 is 15.0 Å². The molecule has 1 N–H and O–H groups in total. The number of methoxy groups -OCH3 is 1. The Morgan fingerprint density at radius 2 is 2.40 bits per heavy atom. The molecule has 20 heavy (non-hydrogen) atoms. The summed E-state index contributed by atoms with van der Waals surface area (Å²) in [5.74, 6) is -0.357. The van der Waals surface area contributed by atoms with Gasteiger partial charge in [0.1, 0.15) is 0 Å². The lowest BCUT2D eigenvalue weighted by Crippen LogP contribution is -2.34. The molecular weight excluding hydrogens is 258 g/mol. The number of pyridine rings is 1. The molecule has 1 aliphatic heterocycles. The molecule has 0 bridgehead atoms. The van der Waals surface area contributed by atoms with Gasteiger partial charge in [-0.05, 0) is 12.1 Å². The Hall–Kier alpha value is -1.95. The molecule has 0 unspecified atom stereocenters. The minimum atomic E-state index is -0.275.